The van der Waals surface area contributed by atoms with Gasteiger partial charge in [0.25, 0.3) is 0 Å². The Bertz CT molecular complexity index is 758. The Morgan fingerprint density at radius 2 is 1.72 bits per heavy atom. The third-order valence-electron chi connectivity index (χ3n) is 3.87. The van der Waals surface area contributed by atoms with Crippen LogP contribution in [-0.2, 0) is 16.0 Å². The van der Waals surface area contributed by atoms with Gasteiger partial charge in [0.15, 0.2) is 0 Å². The molecular formula is C22H28N2O5. The van der Waals surface area contributed by atoms with Crippen molar-refractivity contribution in [3.05, 3.63) is 72.1 Å². The van der Waals surface area contributed by atoms with Crippen LogP contribution in [-0.4, -0.2) is 52.7 Å². The van der Waals surface area contributed by atoms with E-state index in [1.807, 2.05) is 12.3 Å². The van der Waals surface area contributed by atoms with Crippen molar-refractivity contribution in [3.63, 3.8) is 0 Å². The molecule has 7 nitrogen and oxygen atoms in total. The molecule has 1 atom stereocenters. The van der Waals surface area contributed by atoms with Crippen LogP contribution < -0.4 is 4.74 Å². The SMILES string of the molecule is CCc1ccc(OC(CCN(C)C)c2cccnc2)cc1.O=C(O)C=CC(=O)O. The minimum Gasteiger partial charge on any atom is -0.486 e. The Morgan fingerprint density at radius 3 is 2.17 bits per heavy atom. The molecule has 1 aromatic heterocycles. The molecule has 2 N–H and O–H groups in total. The first-order chi connectivity index (χ1) is 13.8. The molecule has 0 fully saturated rings. The molecule has 0 radical (unpaired) electrons. The number of pyridine rings is 1. The van der Waals surface area contributed by atoms with Crippen molar-refractivity contribution in [2.45, 2.75) is 25.9 Å². The molecule has 0 amide bonds. The van der Waals surface area contributed by atoms with Crippen LogP contribution in [0.5, 0.6) is 5.75 Å². The number of ether oxygens (including phenoxy) is 1. The molecule has 156 valence electrons. The van der Waals surface area contributed by atoms with Gasteiger partial charge in [-0.2, -0.15) is 0 Å². The van der Waals surface area contributed by atoms with Gasteiger partial charge in [0, 0.05) is 43.1 Å². The molecule has 0 aliphatic rings. The second-order valence-electron chi connectivity index (χ2n) is 6.49. The molecule has 0 spiro atoms. The first-order valence-corrected chi connectivity index (χ1v) is 9.26. The summed E-state index contributed by atoms with van der Waals surface area (Å²) in [6.45, 7) is 3.14. The quantitative estimate of drug-likeness (QED) is 0.622. The number of hydrogen-bond donors (Lipinski definition) is 2. The summed E-state index contributed by atoms with van der Waals surface area (Å²) >= 11 is 0. The van der Waals surface area contributed by atoms with E-state index in [0.717, 1.165) is 30.7 Å². The van der Waals surface area contributed by atoms with Gasteiger partial charge in [-0.05, 0) is 44.3 Å². The van der Waals surface area contributed by atoms with Crippen LogP contribution in [0.25, 0.3) is 0 Å². The van der Waals surface area contributed by atoms with Gasteiger partial charge in [0.1, 0.15) is 11.9 Å². The number of benzene rings is 1. The number of carboxylic acid groups (broad SMARTS) is 2. The summed E-state index contributed by atoms with van der Waals surface area (Å²) in [4.78, 5) is 25.5. The number of aryl methyl sites for hydroxylation is 1. The monoisotopic (exact) mass is 400 g/mol. The molecule has 2 rings (SSSR count). The lowest BCUT2D eigenvalue weighted by Gasteiger charge is -2.21. The number of carbonyl (C=O) groups is 2. The van der Waals surface area contributed by atoms with Crippen LogP contribution in [0.4, 0.5) is 0 Å². The number of rotatable bonds is 9. The van der Waals surface area contributed by atoms with Gasteiger partial charge >= 0.3 is 11.9 Å². The Hall–Kier alpha value is -3.19. The average molecular weight is 400 g/mol. The zero-order valence-electron chi connectivity index (χ0n) is 17.0. The highest BCUT2D eigenvalue weighted by molar-refractivity contribution is 5.89. The summed E-state index contributed by atoms with van der Waals surface area (Å²) in [5.74, 6) is -1.60. The fourth-order valence-corrected chi connectivity index (χ4v) is 2.35. The first kappa shape index (κ1) is 23.8. The van der Waals surface area contributed by atoms with Gasteiger partial charge in [0.05, 0.1) is 0 Å². The van der Waals surface area contributed by atoms with E-state index in [1.165, 1.54) is 5.56 Å². The van der Waals surface area contributed by atoms with E-state index in [1.54, 1.807) is 6.20 Å². The highest BCUT2D eigenvalue weighted by Crippen LogP contribution is 2.25. The molecule has 0 saturated heterocycles. The zero-order valence-corrected chi connectivity index (χ0v) is 17.0. The summed E-state index contributed by atoms with van der Waals surface area (Å²) in [6.07, 6.45) is 6.82. The lowest BCUT2D eigenvalue weighted by molar-refractivity contribution is -0.134. The predicted molar refractivity (Wildman–Crippen MR) is 111 cm³/mol. The normalized spacial score (nSPS) is 11.6. The number of hydrogen-bond acceptors (Lipinski definition) is 5. The van der Waals surface area contributed by atoms with Crippen molar-refractivity contribution >= 4 is 11.9 Å². The van der Waals surface area contributed by atoms with Crippen molar-refractivity contribution in [1.82, 2.24) is 9.88 Å². The van der Waals surface area contributed by atoms with E-state index in [4.69, 9.17) is 14.9 Å². The van der Waals surface area contributed by atoms with Crippen molar-refractivity contribution < 1.29 is 24.5 Å². The van der Waals surface area contributed by atoms with Crippen LogP contribution in [0.3, 0.4) is 0 Å². The van der Waals surface area contributed by atoms with Crippen LogP contribution in [0.15, 0.2) is 60.9 Å². The van der Waals surface area contributed by atoms with Crippen molar-refractivity contribution in [2.24, 2.45) is 0 Å². The first-order valence-electron chi connectivity index (χ1n) is 9.26. The molecule has 1 unspecified atom stereocenters. The molecular weight excluding hydrogens is 372 g/mol. The molecule has 0 bridgehead atoms. The summed E-state index contributed by atoms with van der Waals surface area (Å²) < 4.78 is 6.18. The van der Waals surface area contributed by atoms with E-state index in [-0.39, 0.29) is 6.10 Å². The maximum Gasteiger partial charge on any atom is 0.328 e. The lowest BCUT2D eigenvalue weighted by Crippen LogP contribution is -2.18. The smallest absolute Gasteiger partial charge is 0.328 e. The van der Waals surface area contributed by atoms with E-state index in [9.17, 15) is 9.59 Å². The van der Waals surface area contributed by atoms with Gasteiger partial charge in [-0.3, -0.25) is 4.98 Å². The Balaban J connectivity index is 0.000000447. The fourth-order valence-electron chi connectivity index (χ4n) is 2.35. The molecule has 7 heteroatoms. The highest BCUT2D eigenvalue weighted by atomic mass is 16.5. The molecule has 1 aromatic carbocycles. The second-order valence-corrected chi connectivity index (χ2v) is 6.49. The molecule has 2 aromatic rings. The standard InChI is InChI=1S/C18H24N2O.C4H4O4/c1-4-15-7-9-17(10-8-15)21-18(11-13-20(2)3)16-6-5-12-19-14-16;5-3(6)1-2-4(7)8/h5-10,12,14,18H,4,11,13H2,1-3H3;1-2H,(H,5,6)(H,7,8). The Kier molecular flexibility index (Phi) is 10.7. The minimum atomic E-state index is -1.26. The summed E-state index contributed by atoms with van der Waals surface area (Å²) in [5, 5.41) is 15.6. The van der Waals surface area contributed by atoms with Gasteiger partial charge in [-0.1, -0.05) is 25.1 Å². The molecule has 1 heterocycles. The maximum absolute atomic E-state index is 9.55. The number of aliphatic carboxylic acids is 2. The fraction of sp³-hybridized carbons (Fsp3) is 0.318. The third kappa shape index (κ3) is 10.7. The number of aromatic nitrogens is 1. The van der Waals surface area contributed by atoms with E-state index in [2.05, 4.69) is 61.2 Å². The number of carboxylic acids is 2. The Morgan fingerprint density at radius 1 is 1.10 bits per heavy atom. The summed E-state index contributed by atoms with van der Waals surface area (Å²) in [6, 6.07) is 12.4. The Labute approximate surface area is 171 Å². The zero-order chi connectivity index (χ0) is 21.6. The van der Waals surface area contributed by atoms with E-state index in [0.29, 0.717) is 12.2 Å². The highest BCUT2D eigenvalue weighted by Gasteiger charge is 2.14. The predicted octanol–water partition coefficient (Wildman–Crippen LogP) is 3.43. The van der Waals surface area contributed by atoms with Crippen LogP contribution in [0.2, 0.25) is 0 Å². The van der Waals surface area contributed by atoms with Crippen molar-refractivity contribution in [1.29, 1.82) is 0 Å². The van der Waals surface area contributed by atoms with Gasteiger partial charge < -0.3 is 19.8 Å². The number of nitrogens with zero attached hydrogens (tertiary/aromatic N) is 2. The van der Waals surface area contributed by atoms with Gasteiger partial charge in [-0.25, -0.2) is 9.59 Å². The van der Waals surface area contributed by atoms with E-state index < -0.39 is 11.9 Å². The molecule has 0 aliphatic heterocycles. The van der Waals surface area contributed by atoms with Gasteiger partial charge in [0.2, 0.25) is 0 Å². The van der Waals surface area contributed by atoms with Crippen LogP contribution >= 0.6 is 0 Å². The van der Waals surface area contributed by atoms with E-state index >= 15 is 0 Å². The van der Waals surface area contributed by atoms with Crippen LogP contribution in [0.1, 0.15) is 30.6 Å². The molecule has 29 heavy (non-hydrogen) atoms. The molecule has 0 saturated carbocycles. The van der Waals surface area contributed by atoms with Crippen molar-refractivity contribution in [3.8, 4) is 5.75 Å². The minimum absolute atomic E-state index is 0.0357. The van der Waals surface area contributed by atoms with Gasteiger partial charge in [-0.15, -0.1) is 0 Å². The lowest BCUT2D eigenvalue weighted by atomic mass is 10.1. The summed E-state index contributed by atoms with van der Waals surface area (Å²) in [5.41, 5.74) is 2.45. The average Bonchev–Trinajstić information content (AvgIpc) is 2.71. The third-order valence-corrected chi connectivity index (χ3v) is 3.87. The van der Waals surface area contributed by atoms with Crippen LogP contribution in [0, 0.1) is 0 Å². The maximum atomic E-state index is 9.55. The molecule has 0 aliphatic carbocycles. The summed E-state index contributed by atoms with van der Waals surface area (Å²) in [7, 11) is 4.16. The van der Waals surface area contributed by atoms with Crippen molar-refractivity contribution in [2.75, 3.05) is 20.6 Å². The second kappa shape index (κ2) is 13.1. The topological polar surface area (TPSA) is 100.0 Å². The largest absolute Gasteiger partial charge is 0.486 e.